The van der Waals surface area contributed by atoms with Gasteiger partial charge < -0.3 is 10.5 Å². The minimum atomic E-state index is 0.152. The van der Waals surface area contributed by atoms with Gasteiger partial charge in [0.05, 0.1) is 12.7 Å². The molecular formula is C15H31NOS. The van der Waals surface area contributed by atoms with Gasteiger partial charge in [-0.25, -0.2) is 0 Å². The zero-order valence-electron chi connectivity index (χ0n) is 13.2. The molecule has 108 valence electrons. The van der Waals surface area contributed by atoms with Gasteiger partial charge in [0.25, 0.3) is 0 Å². The molecule has 2 rings (SSSR count). The summed E-state index contributed by atoms with van der Waals surface area (Å²) in [5.41, 5.74) is 6.93. The Labute approximate surface area is 118 Å². The molecule has 2 nitrogen and oxygen atoms in total. The molecule has 1 aliphatic rings. The highest BCUT2D eigenvalue weighted by atomic mass is 32.1. The Morgan fingerprint density at radius 2 is 1.78 bits per heavy atom. The van der Waals surface area contributed by atoms with Gasteiger partial charge >= 0.3 is 0 Å². The van der Waals surface area contributed by atoms with E-state index < -0.39 is 0 Å². The van der Waals surface area contributed by atoms with E-state index in [1.807, 2.05) is 52.9 Å². The van der Waals surface area contributed by atoms with Gasteiger partial charge in [0.2, 0.25) is 0 Å². The molecule has 0 amide bonds. The smallest absolute Gasteiger partial charge is 0.0958 e. The van der Waals surface area contributed by atoms with Gasteiger partial charge in [-0.05, 0) is 18.6 Å². The summed E-state index contributed by atoms with van der Waals surface area (Å²) in [5.74, 6) is 0. The molecule has 3 heteroatoms. The summed E-state index contributed by atoms with van der Waals surface area (Å²) in [6.45, 7) is 15.6. The van der Waals surface area contributed by atoms with Crippen LogP contribution in [0.25, 0.3) is 0 Å². The first-order chi connectivity index (χ1) is 8.81. The molecule has 1 unspecified atom stereocenters. The van der Waals surface area contributed by atoms with Gasteiger partial charge in [0.15, 0.2) is 0 Å². The maximum Gasteiger partial charge on any atom is 0.0958 e. The Kier molecular flexibility index (Phi) is 14.5. The summed E-state index contributed by atoms with van der Waals surface area (Å²) in [7, 11) is 0. The Morgan fingerprint density at radius 3 is 2.28 bits per heavy atom. The minimum absolute atomic E-state index is 0.152. The monoisotopic (exact) mass is 273 g/mol. The van der Waals surface area contributed by atoms with Crippen LogP contribution in [-0.2, 0) is 11.2 Å². The molecule has 18 heavy (non-hydrogen) atoms. The van der Waals surface area contributed by atoms with E-state index in [4.69, 9.17) is 10.5 Å². The summed E-state index contributed by atoms with van der Waals surface area (Å²) in [4.78, 5) is 2.83. The number of nitrogens with two attached hydrogens (primary N) is 1. The number of thiophene rings is 1. The van der Waals surface area contributed by atoms with Crippen LogP contribution in [0.5, 0.6) is 0 Å². The highest BCUT2D eigenvalue weighted by Crippen LogP contribution is 2.32. The standard InChI is InChI=1S/C9H13NOS.3C2H6/c1-6-4-7-8(5-10)11-3-2-9(7)12-6;3*1-2/h4,8H,2-3,5,10H2,1H3;3*1-2H3. The molecule has 1 atom stereocenters. The van der Waals surface area contributed by atoms with Crippen LogP contribution in [0.4, 0.5) is 0 Å². The number of hydrogen-bond acceptors (Lipinski definition) is 3. The molecule has 0 fully saturated rings. The summed E-state index contributed by atoms with van der Waals surface area (Å²) in [6.07, 6.45) is 1.21. The van der Waals surface area contributed by atoms with E-state index >= 15 is 0 Å². The van der Waals surface area contributed by atoms with Gasteiger partial charge in [-0.15, -0.1) is 11.3 Å². The second kappa shape index (κ2) is 13.1. The third kappa shape index (κ3) is 5.98. The zero-order valence-corrected chi connectivity index (χ0v) is 14.0. The fourth-order valence-electron chi connectivity index (χ4n) is 1.63. The number of aryl methyl sites for hydroxylation is 1. The topological polar surface area (TPSA) is 35.2 Å². The van der Waals surface area contributed by atoms with Crippen molar-refractivity contribution in [3.8, 4) is 0 Å². The molecule has 0 bridgehead atoms. The van der Waals surface area contributed by atoms with E-state index in [2.05, 4.69) is 13.0 Å². The molecule has 0 spiro atoms. The van der Waals surface area contributed by atoms with Crippen LogP contribution in [0.15, 0.2) is 6.07 Å². The molecule has 0 radical (unpaired) electrons. The SMILES string of the molecule is CC.CC.CC.Cc1cc2c(s1)CCOC2CN. The quantitative estimate of drug-likeness (QED) is 0.804. The Balaban J connectivity index is 0. The lowest BCUT2D eigenvalue weighted by atomic mass is 10.1. The number of ether oxygens (including phenoxy) is 1. The minimum Gasteiger partial charge on any atom is -0.372 e. The Bertz CT molecular complexity index is 284. The van der Waals surface area contributed by atoms with Gasteiger partial charge in [0, 0.05) is 22.7 Å². The average molecular weight is 273 g/mol. The maximum atomic E-state index is 5.61. The van der Waals surface area contributed by atoms with Crippen LogP contribution in [0.1, 0.15) is 63.0 Å². The van der Waals surface area contributed by atoms with Gasteiger partial charge in [-0.2, -0.15) is 0 Å². The first-order valence-corrected chi connectivity index (χ1v) is 8.04. The van der Waals surface area contributed by atoms with Crippen molar-refractivity contribution >= 4 is 11.3 Å². The lowest BCUT2D eigenvalue weighted by Crippen LogP contribution is -2.21. The van der Waals surface area contributed by atoms with E-state index in [0.29, 0.717) is 6.54 Å². The van der Waals surface area contributed by atoms with Crippen LogP contribution in [0.2, 0.25) is 0 Å². The first-order valence-electron chi connectivity index (χ1n) is 7.22. The van der Waals surface area contributed by atoms with Crippen LogP contribution in [0.3, 0.4) is 0 Å². The van der Waals surface area contributed by atoms with Crippen molar-refractivity contribution in [1.29, 1.82) is 0 Å². The molecule has 0 aliphatic carbocycles. The summed E-state index contributed by atoms with van der Waals surface area (Å²) in [6, 6.07) is 2.21. The third-order valence-electron chi connectivity index (χ3n) is 2.17. The van der Waals surface area contributed by atoms with Gasteiger partial charge in [0.1, 0.15) is 0 Å². The van der Waals surface area contributed by atoms with E-state index in [0.717, 1.165) is 13.0 Å². The van der Waals surface area contributed by atoms with Crippen molar-refractivity contribution in [2.24, 2.45) is 5.73 Å². The van der Waals surface area contributed by atoms with Crippen molar-refractivity contribution in [3.05, 3.63) is 21.4 Å². The number of hydrogen-bond donors (Lipinski definition) is 1. The predicted molar refractivity (Wildman–Crippen MR) is 84.6 cm³/mol. The lowest BCUT2D eigenvalue weighted by Gasteiger charge is -2.21. The summed E-state index contributed by atoms with van der Waals surface area (Å²) < 4.78 is 5.55. The van der Waals surface area contributed by atoms with Crippen LogP contribution in [-0.4, -0.2) is 13.2 Å². The predicted octanol–water partition coefficient (Wildman–Crippen LogP) is 4.71. The van der Waals surface area contributed by atoms with E-state index in [1.54, 1.807) is 0 Å². The number of fused-ring (bicyclic) bond motifs is 1. The second-order valence-corrected chi connectivity index (χ2v) is 4.42. The molecular weight excluding hydrogens is 242 g/mol. The van der Waals surface area contributed by atoms with Crippen molar-refractivity contribution in [2.45, 2.75) is 61.0 Å². The van der Waals surface area contributed by atoms with Gasteiger partial charge in [-0.3, -0.25) is 0 Å². The molecule has 2 N–H and O–H groups in total. The fraction of sp³-hybridized carbons (Fsp3) is 0.733. The maximum absolute atomic E-state index is 5.61. The van der Waals surface area contributed by atoms with Crippen molar-refractivity contribution in [3.63, 3.8) is 0 Å². The largest absolute Gasteiger partial charge is 0.372 e. The highest BCUT2D eigenvalue weighted by Gasteiger charge is 2.21. The molecule has 2 heterocycles. The first kappa shape index (κ1) is 19.9. The van der Waals surface area contributed by atoms with Crippen LogP contribution >= 0.6 is 11.3 Å². The number of rotatable bonds is 1. The van der Waals surface area contributed by atoms with Crippen molar-refractivity contribution < 1.29 is 4.74 Å². The van der Waals surface area contributed by atoms with E-state index in [-0.39, 0.29) is 6.10 Å². The van der Waals surface area contributed by atoms with Crippen molar-refractivity contribution in [2.75, 3.05) is 13.2 Å². The molecule has 1 aromatic rings. The fourth-order valence-corrected chi connectivity index (χ4v) is 2.70. The third-order valence-corrected chi connectivity index (χ3v) is 3.30. The highest BCUT2D eigenvalue weighted by molar-refractivity contribution is 7.12. The van der Waals surface area contributed by atoms with Crippen LogP contribution in [0, 0.1) is 6.92 Å². The lowest BCUT2D eigenvalue weighted by molar-refractivity contribution is 0.0498. The molecule has 1 aromatic heterocycles. The van der Waals surface area contributed by atoms with Gasteiger partial charge in [-0.1, -0.05) is 41.5 Å². The Hall–Kier alpha value is -0.380. The normalized spacial score (nSPS) is 15.9. The van der Waals surface area contributed by atoms with E-state index in [1.165, 1.54) is 15.3 Å². The average Bonchev–Trinajstić information content (AvgIpc) is 2.85. The second-order valence-electron chi connectivity index (χ2n) is 3.08. The summed E-state index contributed by atoms with van der Waals surface area (Å²) in [5, 5.41) is 0. The van der Waals surface area contributed by atoms with Crippen molar-refractivity contribution in [1.82, 2.24) is 0 Å². The zero-order chi connectivity index (χ0) is 14.6. The summed E-state index contributed by atoms with van der Waals surface area (Å²) >= 11 is 1.87. The molecule has 0 aromatic carbocycles. The molecule has 0 saturated carbocycles. The van der Waals surface area contributed by atoms with Crippen LogP contribution < -0.4 is 5.73 Å². The Morgan fingerprint density at radius 1 is 1.22 bits per heavy atom. The van der Waals surface area contributed by atoms with E-state index in [9.17, 15) is 0 Å². The molecule has 1 aliphatic heterocycles. The molecule has 0 saturated heterocycles.